The van der Waals surface area contributed by atoms with Gasteiger partial charge in [-0.1, -0.05) is 49.6 Å². The molecular weight excluding hydrogens is 496 g/mol. The van der Waals surface area contributed by atoms with Gasteiger partial charge in [-0.25, -0.2) is 9.59 Å². The fourth-order valence-electron chi connectivity index (χ4n) is 5.21. The molecule has 1 aliphatic heterocycles. The van der Waals surface area contributed by atoms with Crippen molar-refractivity contribution in [2.24, 2.45) is 0 Å². The third-order valence-electron chi connectivity index (χ3n) is 7.09. The van der Waals surface area contributed by atoms with E-state index in [2.05, 4.69) is 5.32 Å². The van der Waals surface area contributed by atoms with Crippen molar-refractivity contribution in [1.29, 1.82) is 0 Å². The Balaban J connectivity index is 1.66. The number of piperidine rings is 1. The van der Waals surface area contributed by atoms with Gasteiger partial charge in [0.1, 0.15) is 13.2 Å². The second-order valence-electron chi connectivity index (χ2n) is 9.68. The third kappa shape index (κ3) is 5.90. The van der Waals surface area contributed by atoms with Crippen molar-refractivity contribution in [3.05, 3.63) is 62.3 Å². The zero-order chi connectivity index (χ0) is 27.2. The Labute approximate surface area is 218 Å². The second kappa shape index (κ2) is 12.0. The highest BCUT2D eigenvalue weighted by molar-refractivity contribution is 5.97. The molecule has 2 amide bonds. The van der Waals surface area contributed by atoms with E-state index in [0.29, 0.717) is 32.2 Å². The van der Waals surface area contributed by atoms with E-state index in [1.165, 1.54) is 4.90 Å². The van der Waals surface area contributed by atoms with E-state index < -0.39 is 59.3 Å². The minimum atomic E-state index is -1.32. The lowest BCUT2D eigenvalue weighted by Gasteiger charge is -2.34. The van der Waals surface area contributed by atoms with Crippen LogP contribution in [0.25, 0.3) is 0 Å². The Kier molecular flexibility index (Phi) is 8.49. The first-order chi connectivity index (χ1) is 18.3. The van der Waals surface area contributed by atoms with E-state index >= 15 is 0 Å². The third-order valence-corrected chi connectivity index (χ3v) is 7.09. The quantitative estimate of drug-likeness (QED) is 0.492. The van der Waals surface area contributed by atoms with Crippen molar-refractivity contribution in [2.45, 2.75) is 63.6 Å². The van der Waals surface area contributed by atoms with Gasteiger partial charge in [0.15, 0.2) is 5.56 Å². The van der Waals surface area contributed by atoms with Crippen molar-refractivity contribution >= 4 is 18.0 Å². The number of ether oxygens (including phenoxy) is 1. The summed E-state index contributed by atoms with van der Waals surface area (Å²) in [6.07, 6.45) is 4.05. The maximum absolute atomic E-state index is 13.6. The summed E-state index contributed by atoms with van der Waals surface area (Å²) in [4.78, 5) is 65.0. The smallest absolute Gasteiger partial charge is 0.410 e. The Bertz CT molecular complexity index is 1300. The molecule has 2 aromatic rings. The first-order valence-electron chi connectivity index (χ1n) is 12.8. The van der Waals surface area contributed by atoms with Crippen LogP contribution in [0.15, 0.2) is 39.9 Å². The summed E-state index contributed by atoms with van der Waals surface area (Å²) in [5, 5.41) is 22.1. The van der Waals surface area contributed by atoms with E-state index in [4.69, 9.17) is 9.84 Å². The first kappa shape index (κ1) is 27.0. The highest BCUT2D eigenvalue weighted by Gasteiger charge is 2.34. The summed E-state index contributed by atoms with van der Waals surface area (Å²) >= 11 is 0. The monoisotopic (exact) mass is 528 g/mol. The summed E-state index contributed by atoms with van der Waals surface area (Å²) < 4.78 is 7.45. The van der Waals surface area contributed by atoms with Crippen LogP contribution >= 0.6 is 0 Å². The number of hydrogen-bond donors (Lipinski definition) is 3. The predicted molar refractivity (Wildman–Crippen MR) is 135 cm³/mol. The van der Waals surface area contributed by atoms with Gasteiger partial charge < -0.3 is 25.2 Å². The zero-order valence-electron chi connectivity index (χ0n) is 21.0. The number of nitrogens with one attached hydrogen (secondary N) is 1. The molecule has 1 aromatic heterocycles. The fraction of sp³-hybridized carbons (Fsp3) is 0.500. The molecule has 0 bridgehead atoms. The Morgan fingerprint density at radius 1 is 0.947 bits per heavy atom. The van der Waals surface area contributed by atoms with Gasteiger partial charge in [-0.15, -0.1) is 0 Å². The number of nitrogens with zero attached hydrogens (tertiary/aromatic N) is 3. The topological polar surface area (TPSA) is 160 Å². The van der Waals surface area contributed by atoms with Gasteiger partial charge in [0.2, 0.25) is 5.88 Å². The number of carbonyl (C=O) groups is 3. The van der Waals surface area contributed by atoms with E-state index in [0.717, 1.165) is 34.0 Å². The molecular formula is C26H32N4O8. The molecule has 12 heteroatoms. The SMILES string of the molecule is O=C(O)CNC(=O)c1c(O)n([C@H]2CCCN(C(=O)OCc3ccccc3)C2)c(=O)n(C2CCCCC2)c1=O. The molecule has 1 saturated carbocycles. The lowest BCUT2D eigenvalue weighted by molar-refractivity contribution is -0.135. The fourth-order valence-corrected chi connectivity index (χ4v) is 5.21. The number of carbonyl (C=O) groups excluding carboxylic acids is 2. The maximum atomic E-state index is 13.6. The molecule has 1 aromatic carbocycles. The zero-order valence-corrected chi connectivity index (χ0v) is 21.0. The average molecular weight is 529 g/mol. The van der Waals surface area contributed by atoms with Crippen LogP contribution in [0.5, 0.6) is 5.88 Å². The normalized spacial score (nSPS) is 18.1. The van der Waals surface area contributed by atoms with Gasteiger partial charge in [-0.2, -0.15) is 0 Å². The molecule has 12 nitrogen and oxygen atoms in total. The van der Waals surface area contributed by atoms with Gasteiger partial charge in [-0.05, 0) is 31.2 Å². The minimum Gasteiger partial charge on any atom is -0.494 e. The molecule has 2 fully saturated rings. The highest BCUT2D eigenvalue weighted by atomic mass is 16.6. The van der Waals surface area contributed by atoms with Gasteiger partial charge >= 0.3 is 17.8 Å². The van der Waals surface area contributed by atoms with Crippen LogP contribution < -0.4 is 16.6 Å². The van der Waals surface area contributed by atoms with E-state index in [1.807, 2.05) is 30.3 Å². The number of aromatic nitrogens is 2. The largest absolute Gasteiger partial charge is 0.494 e. The van der Waals surface area contributed by atoms with Crippen LogP contribution in [0.3, 0.4) is 0 Å². The standard InChI is InChI=1S/C26H32N4O8/c31-20(32)14-27-22(33)21-23(34)29(18-10-5-2-6-11-18)25(36)30(24(21)35)19-12-7-13-28(15-19)26(37)38-16-17-8-3-1-4-9-17/h1,3-4,8-9,18-19,35H,2,5-7,10-16H2,(H,27,33)(H,31,32)/t19-/m0/s1. The van der Waals surface area contributed by atoms with Crippen LogP contribution in [0.4, 0.5) is 4.79 Å². The molecule has 0 radical (unpaired) electrons. The van der Waals surface area contributed by atoms with E-state index in [1.54, 1.807) is 0 Å². The Hall–Kier alpha value is -4.09. The number of carboxylic acid groups (broad SMARTS) is 1. The van der Waals surface area contributed by atoms with Crippen molar-refractivity contribution in [2.75, 3.05) is 19.6 Å². The van der Waals surface area contributed by atoms with Gasteiger partial charge in [0.25, 0.3) is 11.5 Å². The highest BCUT2D eigenvalue weighted by Crippen LogP contribution is 2.29. The number of hydrogen-bond acceptors (Lipinski definition) is 7. The Morgan fingerprint density at radius 3 is 2.32 bits per heavy atom. The summed E-state index contributed by atoms with van der Waals surface area (Å²) in [6, 6.07) is 8.01. The molecule has 1 atom stereocenters. The van der Waals surface area contributed by atoms with Crippen LogP contribution in [-0.4, -0.2) is 61.9 Å². The van der Waals surface area contributed by atoms with Crippen molar-refractivity contribution in [1.82, 2.24) is 19.4 Å². The molecule has 4 rings (SSSR count). The summed E-state index contributed by atoms with van der Waals surface area (Å²) in [5.74, 6) is -3.24. The van der Waals surface area contributed by atoms with Crippen LogP contribution in [0, 0.1) is 0 Å². The number of aliphatic carboxylic acids is 1. The van der Waals surface area contributed by atoms with Crippen LogP contribution in [0.1, 0.15) is 73.0 Å². The first-order valence-corrected chi connectivity index (χ1v) is 12.8. The lowest BCUT2D eigenvalue weighted by Crippen LogP contribution is -2.50. The van der Waals surface area contributed by atoms with Crippen LogP contribution in [0.2, 0.25) is 0 Å². The van der Waals surface area contributed by atoms with Gasteiger partial charge in [0, 0.05) is 19.1 Å². The summed E-state index contributed by atoms with van der Waals surface area (Å²) in [6.45, 7) is -0.273. The summed E-state index contributed by atoms with van der Waals surface area (Å²) in [5.41, 5.74) is -1.56. The number of carboxylic acids is 1. The number of aromatic hydroxyl groups is 1. The molecule has 1 aliphatic carbocycles. The predicted octanol–water partition coefficient (Wildman–Crippen LogP) is 2.01. The molecule has 2 heterocycles. The van der Waals surface area contributed by atoms with E-state index in [9.17, 15) is 29.1 Å². The molecule has 38 heavy (non-hydrogen) atoms. The number of rotatable bonds is 7. The molecule has 204 valence electrons. The number of amides is 2. The number of benzene rings is 1. The maximum Gasteiger partial charge on any atom is 0.410 e. The van der Waals surface area contributed by atoms with Gasteiger partial charge in [-0.3, -0.25) is 23.5 Å². The van der Waals surface area contributed by atoms with Gasteiger partial charge in [0.05, 0.1) is 6.04 Å². The molecule has 0 spiro atoms. The second-order valence-corrected chi connectivity index (χ2v) is 9.68. The van der Waals surface area contributed by atoms with E-state index in [-0.39, 0.29) is 13.2 Å². The molecule has 1 saturated heterocycles. The Morgan fingerprint density at radius 2 is 1.63 bits per heavy atom. The molecule has 3 N–H and O–H groups in total. The summed E-state index contributed by atoms with van der Waals surface area (Å²) in [7, 11) is 0. The van der Waals surface area contributed by atoms with Crippen molar-refractivity contribution in [3.63, 3.8) is 0 Å². The van der Waals surface area contributed by atoms with Crippen molar-refractivity contribution < 1.29 is 29.3 Å². The molecule has 0 unspecified atom stereocenters. The van der Waals surface area contributed by atoms with Crippen molar-refractivity contribution in [3.8, 4) is 5.88 Å². The molecule has 2 aliphatic rings. The average Bonchev–Trinajstić information content (AvgIpc) is 2.92. The minimum absolute atomic E-state index is 0.0279. The number of likely N-dealkylation sites (tertiary alicyclic amines) is 1. The lowest BCUT2D eigenvalue weighted by atomic mass is 9.95. The van der Waals surface area contributed by atoms with Crippen LogP contribution in [-0.2, 0) is 16.1 Å².